The minimum atomic E-state index is -0.420. The molecule has 0 unspecified atom stereocenters. The van der Waals surface area contributed by atoms with Gasteiger partial charge in [0.05, 0.1) is 0 Å². The van der Waals surface area contributed by atoms with Crippen LogP contribution in [0.25, 0.3) is 5.95 Å². The van der Waals surface area contributed by atoms with Crippen LogP contribution in [0.5, 0.6) is 11.8 Å². The number of halogens is 1. The molecule has 7 nitrogen and oxygen atoms in total. The fourth-order valence-electron chi connectivity index (χ4n) is 1.53. The zero-order valence-corrected chi connectivity index (χ0v) is 10.1. The number of hydrogen-bond acceptors (Lipinski definition) is 6. The molecule has 0 spiro atoms. The molecule has 0 aliphatic rings. The Bertz CT molecular complexity index is 731. The number of aromatic nitrogens is 5. The van der Waals surface area contributed by atoms with Gasteiger partial charge in [-0.25, -0.2) is 9.07 Å². The number of nitrogens with zero attached hydrogens (tertiary/aromatic N) is 5. The van der Waals surface area contributed by atoms with Gasteiger partial charge >= 0.3 is 6.01 Å². The third kappa shape index (κ3) is 2.53. The second kappa shape index (κ2) is 4.92. The molecule has 3 rings (SSSR count). The molecule has 2 heterocycles. The Hall–Kier alpha value is -3.03. The van der Waals surface area contributed by atoms with Crippen molar-refractivity contribution in [3.05, 3.63) is 48.5 Å². The van der Waals surface area contributed by atoms with Gasteiger partial charge in [0.2, 0.25) is 5.95 Å². The third-order valence-electron chi connectivity index (χ3n) is 2.33. The van der Waals surface area contributed by atoms with Gasteiger partial charge in [0, 0.05) is 18.5 Å². The lowest BCUT2D eigenvalue weighted by Crippen LogP contribution is -2.07. The zero-order chi connectivity index (χ0) is 13.9. The van der Waals surface area contributed by atoms with Crippen molar-refractivity contribution in [1.82, 2.24) is 24.7 Å². The van der Waals surface area contributed by atoms with Gasteiger partial charge in [-0.3, -0.25) is 0 Å². The number of ether oxygens (including phenoxy) is 1. The van der Waals surface area contributed by atoms with Crippen LogP contribution in [0.2, 0.25) is 0 Å². The molecule has 0 aliphatic heterocycles. The maximum atomic E-state index is 13.1. The van der Waals surface area contributed by atoms with Crippen molar-refractivity contribution in [3.8, 4) is 17.7 Å². The second-order valence-corrected chi connectivity index (χ2v) is 3.79. The summed E-state index contributed by atoms with van der Waals surface area (Å²) in [6.45, 7) is 0. The molecule has 2 N–H and O–H groups in total. The molecule has 0 radical (unpaired) electrons. The van der Waals surface area contributed by atoms with E-state index in [0.717, 1.165) is 0 Å². The average Bonchev–Trinajstić information content (AvgIpc) is 2.91. The summed E-state index contributed by atoms with van der Waals surface area (Å²) in [6.07, 6.45) is 3.23. The molecule has 3 aromatic rings. The molecule has 0 amide bonds. The Morgan fingerprint density at radius 1 is 1.15 bits per heavy atom. The summed E-state index contributed by atoms with van der Waals surface area (Å²) in [7, 11) is 0. The van der Waals surface area contributed by atoms with E-state index in [1.165, 1.54) is 22.9 Å². The topological polar surface area (TPSA) is 91.7 Å². The Morgan fingerprint density at radius 3 is 2.80 bits per heavy atom. The predicted molar refractivity (Wildman–Crippen MR) is 67.8 cm³/mol. The number of benzene rings is 1. The van der Waals surface area contributed by atoms with Crippen LogP contribution in [0.3, 0.4) is 0 Å². The molecule has 0 atom stereocenters. The van der Waals surface area contributed by atoms with E-state index in [0.29, 0.717) is 0 Å². The highest BCUT2D eigenvalue weighted by molar-refractivity contribution is 5.29. The van der Waals surface area contributed by atoms with Crippen molar-refractivity contribution in [3.63, 3.8) is 0 Å². The fourth-order valence-corrected chi connectivity index (χ4v) is 1.53. The molecule has 0 saturated carbocycles. The summed E-state index contributed by atoms with van der Waals surface area (Å²) in [6, 6.07) is 7.30. The highest BCUT2D eigenvalue weighted by Crippen LogP contribution is 2.19. The van der Waals surface area contributed by atoms with Crippen molar-refractivity contribution in [1.29, 1.82) is 0 Å². The van der Waals surface area contributed by atoms with Crippen LogP contribution in [0, 0.1) is 5.82 Å². The van der Waals surface area contributed by atoms with Crippen molar-refractivity contribution >= 4 is 5.95 Å². The van der Waals surface area contributed by atoms with Gasteiger partial charge in [-0.2, -0.15) is 20.1 Å². The smallest absolute Gasteiger partial charge is 0.328 e. The number of rotatable bonds is 3. The van der Waals surface area contributed by atoms with Gasteiger partial charge < -0.3 is 10.5 Å². The molecule has 0 bridgehead atoms. The van der Waals surface area contributed by atoms with Crippen LogP contribution in [0.4, 0.5) is 10.3 Å². The van der Waals surface area contributed by atoms with E-state index >= 15 is 0 Å². The summed E-state index contributed by atoms with van der Waals surface area (Å²) in [5, 5.41) is 3.98. The maximum absolute atomic E-state index is 13.1. The van der Waals surface area contributed by atoms with Crippen LogP contribution >= 0.6 is 0 Å². The number of nitrogen functional groups attached to an aromatic ring is 1. The lowest BCUT2D eigenvalue weighted by atomic mass is 10.3. The monoisotopic (exact) mass is 272 g/mol. The van der Waals surface area contributed by atoms with Gasteiger partial charge in [0.1, 0.15) is 11.6 Å². The molecule has 100 valence electrons. The first kappa shape index (κ1) is 12.0. The van der Waals surface area contributed by atoms with E-state index in [4.69, 9.17) is 10.5 Å². The number of hydrogen-bond donors (Lipinski definition) is 1. The first-order valence-corrected chi connectivity index (χ1v) is 5.66. The molecular weight excluding hydrogens is 263 g/mol. The number of nitrogens with two attached hydrogens (primary N) is 1. The molecule has 20 heavy (non-hydrogen) atoms. The number of anilines is 1. The molecule has 2 aromatic heterocycles. The van der Waals surface area contributed by atoms with Crippen LogP contribution in [-0.2, 0) is 0 Å². The van der Waals surface area contributed by atoms with Gasteiger partial charge in [-0.1, -0.05) is 6.07 Å². The molecule has 0 fully saturated rings. The van der Waals surface area contributed by atoms with E-state index in [1.807, 2.05) is 0 Å². The highest BCUT2D eigenvalue weighted by Gasteiger charge is 2.09. The van der Waals surface area contributed by atoms with Gasteiger partial charge in [0.15, 0.2) is 0 Å². The van der Waals surface area contributed by atoms with Crippen LogP contribution in [0.1, 0.15) is 0 Å². The minimum Gasteiger partial charge on any atom is -0.424 e. The normalized spacial score (nSPS) is 10.4. The van der Waals surface area contributed by atoms with Crippen molar-refractivity contribution in [2.45, 2.75) is 0 Å². The van der Waals surface area contributed by atoms with E-state index in [2.05, 4.69) is 20.1 Å². The standard InChI is InChI=1S/C12H9FN6O/c13-8-3-1-4-9(7-8)20-12-17-10(14)16-11(18-12)19-6-2-5-15-19/h1-7H,(H2,14,16,17,18). The summed E-state index contributed by atoms with van der Waals surface area (Å²) in [5.41, 5.74) is 5.59. The average molecular weight is 272 g/mol. The van der Waals surface area contributed by atoms with E-state index in [1.54, 1.807) is 24.5 Å². The van der Waals surface area contributed by atoms with E-state index in [-0.39, 0.29) is 23.7 Å². The minimum absolute atomic E-state index is 0.0168. The van der Waals surface area contributed by atoms with Gasteiger partial charge in [-0.05, 0) is 18.2 Å². The van der Waals surface area contributed by atoms with Crippen molar-refractivity contribution in [2.75, 3.05) is 5.73 Å². The third-order valence-corrected chi connectivity index (χ3v) is 2.33. The largest absolute Gasteiger partial charge is 0.424 e. The highest BCUT2D eigenvalue weighted by atomic mass is 19.1. The Morgan fingerprint density at radius 2 is 2.05 bits per heavy atom. The van der Waals surface area contributed by atoms with E-state index in [9.17, 15) is 4.39 Å². The summed E-state index contributed by atoms with van der Waals surface area (Å²) in [5.74, 6) is 0.0460. The van der Waals surface area contributed by atoms with Gasteiger partial charge in [0.25, 0.3) is 5.95 Å². The lowest BCUT2D eigenvalue weighted by molar-refractivity contribution is 0.435. The molecule has 8 heteroatoms. The van der Waals surface area contributed by atoms with Crippen molar-refractivity contribution < 1.29 is 9.13 Å². The Labute approximate surface area is 112 Å². The first-order valence-electron chi connectivity index (χ1n) is 5.66. The Balaban J connectivity index is 1.94. The van der Waals surface area contributed by atoms with Gasteiger partial charge in [-0.15, -0.1) is 0 Å². The maximum Gasteiger partial charge on any atom is 0.328 e. The molecule has 0 saturated heterocycles. The summed E-state index contributed by atoms with van der Waals surface area (Å²) < 4.78 is 19.8. The Kier molecular flexibility index (Phi) is 2.96. The van der Waals surface area contributed by atoms with Crippen LogP contribution in [0.15, 0.2) is 42.7 Å². The van der Waals surface area contributed by atoms with Crippen molar-refractivity contribution in [2.24, 2.45) is 0 Å². The quantitative estimate of drug-likeness (QED) is 0.778. The van der Waals surface area contributed by atoms with Crippen LogP contribution in [-0.4, -0.2) is 24.7 Å². The molecule has 0 aliphatic carbocycles. The second-order valence-electron chi connectivity index (χ2n) is 3.79. The first-order chi connectivity index (χ1) is 9.70. The molecular formula is C12H9FN6O. The summed E-state index contributed by atoms with van der Waals surface area (Å²) >= 11 is 0. The fraction of sp³-hybridized carbons (Fsp3) is 0. The summed E-state index contributed by atoms with van der Waals surface area (Å²) in [4.78, 5) is 11.8. The van der Waals surface area contributed by atoms with E-state index < -0.39 is 5.82 Å². The lowest BCUT2D eigenvalue weighted by Gasteiger charge is -2.06. The zero-order valence-electron chi connectivity index (χ0n) is 10.1. The van der Waals surface area contributed by atoms with Crippen LogP contribution < -0.4 is 10.5 Å². The predicted octanol–water partition coefficient (Wildman–Crippen LogP) is 1.57. The molecule has 1 aromatic carbocycles. The SMILES string of the molecule is Nc1nc(Oc2cccc(F)c2)nc(-n2cccn2)n1.